The van der Waals surface area contributed by atoms with Crippen LogP contribution in [0.3, 0.4) is 0 Å². The van der Waals surface area contributed by atoms with Crippen LogP contribution in [-0.4, -0.2) is 20.8 Å². The normalized spacial score (nSPS) is 17.4. The molecule has 2 heterocycles. The predicted octanol–water partition coefficient (Wildman–Crippen LogP) is 2.65. The summed E-state index contributed by atoms with van der Waals surface area (Å²) in [5.41, 5.74) is 0.571. The maximum Gasteiger partial charge on any atom is 0.269 e. The molecule has 148 valence electrons. The van der Waals surface area contributed by atoms with E-state index >= 15 is 0 Å². The van der Waals surface area contributed by atoms with Gasteiger partial charge in [-0.2, -0.15) is 10.2 Å². The number of benzene rings is 2. The summed E-state index contributed by atoms with van der Waals surface area (Å²) in [7, 11) is 0. The SMILES string of the molecule is N#C[C@@H]1C(=O)Nc2nc(Nc3ccccc3)[nH]c(=O)c2[C@@H]1c1ccc([N+](=O)[O-])cc1. The second kappa shape index (κ2) is 7.48. The van der Waals surface area contributed by atoms with Crippen LogP contribution in [0, 0.1) is 27.4 Å². The van der Waals surface area contributed by atoms with E-state index in [0.717, 1.165) is 0 Å². The van der Waals surface area contributed by atoms with Crippen LogP contribution in [0.1, 0.15) is 17.0 Å². The number of aromatic amines is 1. The number of nitro groups is 1. The molecule has 0 bridgehead atoms. The van der Waals surface area contributed by atoms with Gasteiger partial charge in [-0.1, -0.05) is 30.3 Å². The zero-order valence-corrected chi connectivity index (χ0v) is 15.3. The van der Waals surface area contributed by atoms with E-state index in [1.165, 1.54) is 24.3 Å². The molecular formula is C20H14N6O4. The summed E-state index contributed by atoms with van der Waals surface area (Å²) in [5, 5.41) is 25.9. The molecule has 0 unspecified atom stereocenters. The number of amides is 1. The Balaban J connectivity index is 1.80. The van der Waals surface area contributed by atoms with Crippen LogP contribution >= 0.6 is 0 Å². The van der Waals surface area contributed by atoms with Crippen LogP contribution in [0.2, 0.25) is 0 Å². The number of hydrogen-bond donors (Lipinski definition) is 3. The van der Waals surface area contributed by atoms with Gasteiger partial charge in [0.05, 0.1) is 16.6 Å². The molecule has 0 fully saturated rings. The first-order chi connectivity index (χ1) is 14.5. The van der Waals surface area contributed by atoms with Gasteiger partial charge in [-0.05, 0) is 17.7 Å². The summed E-state index contributed by atoms with van der Waals surface area (Å²) in [6.07, 6.45) is 0. The van der Waals surface area contributed by atoms with Gasteiger partial charge in [-0.15, -0.1) is 0 Å². The number of non-ortho nitro benzene ring substituents is 1. The summed E-state index contributed by atoms with van der Waals surface area (Å²) in [5.74, 6) is -2.53. The van der Waals surface area contributed by atoms with Gasteiger partial charge in [-0.3, -0.25) is 24.7 Å². The molecule has 2 aromatic carbocycles. The molecule has 30 heavy (non-hydrogen) atoms. The van der Waals surface area contributed by atoms with Crippen molar-refractivity contribution in [2.45, 2.75) is 5.92 Å². The Labute approximate surface area is 169 Å². The number of aromatic nitrogens is 2. The number of hydrogen-bond acceptors (Lipinski definition) is 7. The Kier molecular flexibility index (Phi) is 4.69. The molecule has 1 amide bonds. The van der Waals surface area contributed by atoms with E-state index in [2.05, 4.69) is 20.6 Å². The number of para-hydroxylation sites is 1. The first kappa shape index (κ1) is 18.8. The van der Waals surface area contributed by atoms with Gasteiger partial charge in [0.2, 0.25) is 11.9 Å². The second-order valence-electron chi connectivity index (χ2n) is 6.59. The first-order valence-electron chi connectivity index (χ1n) is 8.89. The number of carbonyl (C=O) groups excluding carboxylic acids is 1. The zero-order valence-electron chi connectivity index (χ0n) is 15.3. The summed E-state index contributed by atoms with van der Waals surface area (Å²) in [6.45, 7) is 0. The lowest BCUT2D eigenvalue weighted by Gasteiger charge is -2.28. The van der Waals surface area contributed by atoms with Gasteiger partial charge in [0.25, 0.3) is 11.2 Å². The maximum absolute atomic E-state index is 12.9. The highest BCUT2D eigenvalue weighted by molar-refractivity contribution is 5.98. The number of anilines is 3. The highest BCUT2D eigenvalue weighted by atomic mass is 16.6. The standard InChI is InChI=1S/C20H14N6O4/c21-10-14-15(11-6-8-13(9-7-11)26(29)30)16-17(23-18(14)27)24-20(25-19(16)28)22-12-4-2-1-3-5-12/h1-9,14-15H,(H3,22,23,24,25,27,28)/t14-,15+/m0/s1. The van der Waals surface area contributed by atoms with E-state index in [-0.39, 0.29) is 23.0 Å². The number of nitrogens with zero attached hydrogens (tertiary/aromatic N) is 3. The Morgan fingerprint density at radius 2 is 1.80 bits per heavy atom. The van der Waals surface area contributed by atoms with Gasteiger partial charge < -0.3 is 10.6 Å². The lowest BCUT2D eigenvalue weighted by atomic mass is 9.79. The molecule has 0 saturated carbocycles. The minimum Gasteiger partial charge on any atom is -0.326 e. The number of fused-ring (bicyclic) bond motifs is 1. The molecule has 3 N–H and O–H groups in total. The van der Waals surface area contributed by atoms with Crippen LogP contribution in [0.5, 0.6) is 0 Å². The molecule has 4 rings (SSSR count). The van der Waals surface area contributed by atoms with E-state index in [1.807, 2.05) is 24.3 Å². The molecular weight excluding hydrogens is 388 g/mol. The average Bonchev–Trinajstić information content (AvgIpc) is 2.73. The van der Waals surface area contributed by atoms with Crippen LogP contribution in [0.25, 0.3) is 0 Å². The fourth-order valence-corrected chi connectivity index (χ4v) is 3.39. The quantitative estimate of drug-likeness (QED) is 0.448. The average molecular weight is 402 g/mol. The molecule has 1 aliphatic heterocycles. The number of nitriles is 1. The van der Waals surface area contributed by atoms with E-state index < -0.39 is 28.2 Å². The molecule has 0 spiro atoms. The third-order valence-corrected chi connectivity index (χ3v) is 4.76. The van der Waals surface area contributed by atoms with Crippen molar-refractivity contribution in [3.8, 4) is 6.07 Å². The monoisotopic (exact) mass is 402 g/mol. The first-order valence-corrected chi connectivity index (χ1v) is 8.89. The molecule has 0 aliphatic carbocycles. The topological polar surface area (TPSA) is 154 Å². The number of rotatable bonds is 4. The molecule has 3 aromatic rings. The van der Waals surface area contributed by atoms with Crippen molar-refractivity contribution >= 4 is 29.0 Å². The second-order valence-corrected chi connectivity index (χ2v) is 6.59. The van der Waals surface area contributed by atoms with E-state index in [0.29, 0.717) is 11.3 Å². The zero-order chi connectivity index (χ0) is 21.3. The maximum atomic E-state index is 12.9. The number of nitro benzene ring substituents is 1. The van der Waals surface area contributed by atoms with Crippen molar-refractivity contribution in [1.82, 2.24) is 9.97 Å². The van der Waals surface area contributed by atoms with E-state index in [4.69, 9.17) is 0 Å². The van der Waals surface area contributed by atoms with Crippen molar-refractivity contribution < 1.29 is 9.72 Å². The summed E-state index contributed by atoms with van der Waals surface area (Å²) in [4.78, 5) is 42.7. The minimum atomic E-state index is -1.19. The Morgan fingerprint density at radius 1 is 1.10 bits per heavy atom. The molecule has 10 nitrogen and oxygen atoms in total. The molecule has 10 heteroatoms. The van der Waals surface area contributed by atoms with Gasteiger partial charge >= 0.3 is 0 Å². The van der Waals surface area contributed by atoms with Gasteiger partial charge in [-0.25, -0.2) is 0 Å². The molecule has 1 aliphatic rings. The molecule has 0 saturated heterocycles. The lowest BCUT2D eigenvalue weighted by Crippen LogP contribution is -2.38. The smallest absolute Gasteiger partial charge is 0.269 e. The fraction of sp³-hybridized carbons (Fsp3) is 0.100. The molecule has 2 atom stereocenters. The van der Waals surface area contributed by atoms with Crippen molar-refractivity contribution in [2.24, 2.45) is 5.92 Å². The third-order valence-electron chi connectivity index (χ3n) is 4.76. The van der Waals surface area contributed by atoms with Crippen LogP contribution in [-0.2, 0) is 4.79 Å². The fourth-order valence-electron chi connectivity index (χ4n) is 3.39. The van der Waals surface area contributed by atoms with E-state index in [1.54, 1.807) is 12.1 Å². The van der Waals surface area contributed by atoms with Crippen molar-refractivity contribution in [3.05, 3.63) is 86.2 Å². The van der Waals surface area contributed by atoms with Crippen LogP contribution in [0.15, 0.2) is 59.4 Å². The van der Waals surface area contributed by atoms with Crippen molar-refractivity contribution in [3.63, 3.8) is 0 Å². The Morgan fingerprint density at radius 3 is 2.43 bits per heavy atom. The lowest BCUT2D eigenvalue weighted by molar-refractivity contribution is -0.384. The third kappa shape index (κ3) is 3.35. The number of H-pyrrole nitrogens is 1. The van der Waals surface area contributed by atoms with Crippen LogP contribution < -0.4 is 16.2 Å². The largest absolute Gasteiger partial charge is 0.326 e. The minimum absolute atomic E-state index is 0.0389. The van der Waals surface area contributed by atoms with Crippen molar-refractivity contribution in [2.75, 3.05) is 10.6 Å². The molecule has 1 aromatic heterocycles. The van der Waals surface area contributed by atoms with Crippen molar-refractivity contribution in [1.29, 1.82) is 5.26 Å². The number of carbonyl (C=O) groups is 1. The highest BCUT2D eigenvalue weighted by Gasteiger charge is 2.40. The number of nitrogens with one attached hydrogen (secondary N) is 3. The summed E-state index contributed by atoms with van der Waals surface area (Å²) >= 11 is 0. The van der Waals surface area contributed by atoms with Gasteiger partial charge in [0.1, 0.15) is 11.7 Å². The Bertz CT molecular complexity index is 1230. The summed E-state index contributed by atoms with van der Waals surface area (Å²) < 4.78 is 0. The molecule has 0 radical (unpaired) electrons. The Hall–Kier alpha value is -4.52. The van der Waals surface area contributed by atoms with Gasteiger partial charge in [0, 0.05) is 23.7 Å². The van der Waals surface area contributed by atoms with E-state index in [9.17, 15) is 25.0 Å². The predicted molar refractivity (Wildman–Crippen MR) is 107 cm³/mol. The summed E-state index contributed by atoms with van der Waals surface area (Å²) in [6, 6.07) is 16.3. The van der Waals surface area contributed by atoms with Crippen LogP contribution in [0.4, 0.5) is 23.1 Å². The highest BCUT2D eigenvalue weighted by Crippen LogP contribution is 2.38. The van der Waals surface area contributed by atoms with Gasteiger partial charge in [0.15, 0.2) is 0 Å².